The van der Waals surface area contributed by atoms with Gasteiger partial charge >= 0.3 is 11.9 Å². The van der Waals surface area contributed by atoms with Crippen LogP contribution >= 0.6 is 0 Å². The summed E-state index contributed by atoms with van der Waals surface area (Å²) in [5, 5.41) is 19.8. The molecule has 0 amide bonds. The van der Waals surface area contributed by atoms with Crippen LogP contribution in [0, 0.1) is 0 Å². The van der Waals surface area contributed by atoms with Gasteiger partial charge in [0, 0.05) is 5.57 Å². The summed E-state index contributed by atoms with van der Waals surface area (Å²) in [5.41, 5.74) is 1.70. The Balaban J connectivity index is 2.36. The predicted octanol–water partition coefficient (Wildman–Crippen LogP) is 4.74. The summed E-state index contributed by atoms with van der Waals surface area (Å²) in [6.07, 6.45) is 1.39. The molecule has 3 aromatic carbocycles. The zero-order valence-corrected chi connectivity index (χ0v) is 14.9. The number of carboxylic acids is 2. The quantitative estimate of drug-likeness (QED) is 0.485. The summed E-state index contributed by atoms with van der Waals surface area (Å²) in [7, 11) is 0. The van der Waals surface area contributed by atoms with Crippen LogP contribution in [0.1, 0.15) is 16.7 Å². The Morgan fingerprint density at radius 2 is 1.04 bits per heavy atom. The average molecular weight is 370 g/mol. The van der Waals surface area contributed by atoms with Crippen LogP contribution in [0.3, 0.4) is 0 Å². The zero-order chi connectivity index (χ0) is 19.9. The van der Waals surface area contributed by atoms with Gasteiger partial charge in [-0.1, -0.05) is 91.0 Å². The molecule has 138 valence electrons. The molecule has 0 saturated carbocycles. The standard InChI is InChI=1S/C24H18O4/c25-23(26)20(16-17-10-4-1-5-11-17)22(24(27)28)21(18-12-6-2-7-13-18)19-14-8-3-9-15-19/h1-16H,(H,25,26)(H,27,28)/b20-16+. The molecule has 0 saturated heterocycles. The van der Waals surface area contributed by atoms with Gasteiger partial charge in [0.2, 0.25) is 0 Å². The van der Waals surface area contributed by atoms with Crippen molar-refractivity contribution < 1.29 is 19.8 Å². The smallest absolute Gasteiger partial charge is 0.337 e. The van der Waals surface area contributed by atoms with Gasteiger partial charge in [0.25, 0.3) is 0 Å². The van der Waals surface area contributed by atoms with Crippen molar-refractivity contribution in [2.24, 2.45) is 0 Å². The number of benzene rings is 3. The molecule has 0 aliphatic carbocycles. The zero-order valence-electron chi connectivity index (χ0n) is 14.9. The van der Waals surface area contributed by atoms with E-state index in [1.165, 1.54) is 6.08 Å². The third kappa shape index (κ3) is 4.24. The van der Waals surface area contributed by atoms with Crippen molar-refractivity contribution in [2.75, 3.05) is 0 Å². The summed E-state index contributed by atoms with van der Waals surface area (Å²) >= 11 is 0. The van der Waals surface area contributed by atoms with Gasteiger partial charge in [0.15, 0.2) is 0 Å². The molecule has 0 aliphatic rings. The molecule has 0 heterocycles. The van der Waals surface area contributed by atoms with E-state index in [0.717, 1.165) is 0 Å². The number of hydrogen-bond acceptors (Lipinski definition) is 2. The fourth-order valence-corrected chi connectivity index (χ4v) is 2.98. The molecule has 0 aliphatic heterocycles. The maximum Gasteiger partial charge on any atom is 0.337 e. The maximum absolute atomic E-state index is 12.3. The number of carboxylic acid groups (broad SMARTS) is 2. The first-order valence-corrected chi connectivity index (χ1v) is 8.66. The molecule has 0 bridgehead atoms. The molecule has 3 rings (SSSR count). The summed E-state index contributed by atoms with van der Waals surface area (Å²) in [5.74, 6) is -2.60. The van der Waals surface area contributed by atoms with Crippen LogP contribution in [0.2, 0.25) is 0 Å². The molecule has 0 atom stereocenters. The molecule has 28 heavy (non-hydrogen) atoms. The Bertz CT molecular complexity index is 992. The van der Waals surface area contributed by atoms with Crippen LogP contribution in [-0.4, -0.2) is 22.2 Å². The molecule has 0 unspecified atom stereocenters. The van der Waals surface area contributed by atoms with Crippen molar-refractivity contribution in [3.63, 3.8) is 0 Å². The lowest BCUT2D eigenvalue weighted by Crippen LogP contribution is -2.14. The van der Waals surface area contributed by atoms with E-state index in [-0.39, 0.29) is 11.1 Å². The van der Waals surface area contributed by atoms with Crippen molar-refractivity contribution in [1.82, 2.24) is 0 Å². The second-order valence-electron chi connectivity index (χ2n) is 6.06. The Labute approximate surface area is 162 Å². The molecular weight excluding hydrogens is 352 g/mol. The van der Waals surface area contributed by atoms with E-state index >= 15 is 0 Å². The van der Waals surface area contributed by atoms with Gasteiger partial charge in [-0.3, -0.25) is 0 Å². The lowest BCUT2D eigenvalue weighted by molar-refractivity contribution is -0.136. The highest BCUT2D eigenvalue weighted by Crippen LogP contribution is 2.31. The predicted molar refractivity (Wildman–Crippen MR) is 109 cm³/mol. The van der Waals surface area contributed by atoms with E-state index < -0.39 is 11.9 Å². The van der Waals surface area contributed by atoms with E-state index in [1.807, 2.05) is 18.2 Å². The molecule has 0 aromatic heterocycles. The van der Waals surface area contributed by atoms with Crippen LogP contribution in [-0.2, 0) is 9.59 Å². The van der Waals surface area contributed by atoms with Crippen LogP contribution in [0.4, 0.5) is 0 Å². The molecule has 0 fully saturated rings. The fourth-order valence-electron chi connectivity index (χ4n) is 2.98. The fraction of sp³-hybridized carbons (Fsp3) is 0. The minimum absolute atomic E-state index is 0.256. The topological polar surface area (TPSA) is 74.6 Å². The number of aliphatic carboxylic acids is 2. The summed E-state index contributed by atoms with van der Waals surface area (Å²) in [4.78, 5) is 24.3. The van der Waals surface area contributed by atoms with E-state index in [4.69, 9.17) is 0 Å². The molecule has 0 spiro atoms. The van der Waals surface area contributed by atoms with Gasteiger partial charge in [-0.2, -0.15) is 0 Å². The first-order chi connectivity index (χ1) is 13.6. The molecule has 0 radical (unpaired) electrons. The Morgan fingerprint density at radius 3 is 1.43 bits per heavy atom. The second kappa shape index (κ2) is 8.64. The van der Waals surface area contributed by atoms with E-state index in [9.17, 15) is 19.8 Å². The summed E-state index contributed by atoms with van der Waals surface area (Å²) in [6, 6.07) is 26.7. The third-order valence-corrected chi connectivity index (χ3v) is 4.20. The van der Waals surface area contributed by atoms with Gasteiger partial charge in [0.1, 0.15) is 0 Å². The van der Waals surface area contributed by atoms with Gasteiger partial charge in [-0.15, -0.1) is 0 Å². The molecule has 4 heteroatoms. The number of rotatable bonds is 6. The van der Waals surface area contributed by atoms with Gasteiger partial charge in [0.05, 0.1) is 11.1 Å². The normalized spacial score (nSPS) is 10.9. The SMILES string of the molecule is O=C(O)C(=C(c1ccccc1)c1ccccc1)/C(=C\c1ccccc1)C(=O)O. The van der Waals surface area contributed by atoms with E-state index in [2.05, 4.69) is 0 Å². The highest BCUT2D eigenvalue weighted by Gasteiger charge is 2.26. The number of carbonyl (C=O) groups is 2. The third-order valence-electron chi connectivity index (χ3n) is 4.20. The molecular formula is C24H18O4. The largest absolute Gasteiger partial charge is 0.478 e. The van der Waals surface area contributed by atoms with Crippen molar-refractivity contribution >= 4 is 23.6 Å². The first-order valence-electron chi connectivity index (χ1n) is 8.66. The highest BCUT2D eigenvalue weighted by molar-refractivity contribution is 6.15. The average Bonchev–Trinajstić information content (AvgIpc) is 2.72. The second-order valence-corrected chi connectivity index (χ2v) is 6.06. The van der Waals surface area contributed by atoms with Crippen molar-refractivity contribution in [3.8, 4) is 0 Å². The minimum atomic E-state index is -1.30. The number of hydrogen-bond donors (Lipinski definition) is 2. The first kappa shape index (κ1) is 18.9. The van der Waals surface area contributed by atoms with Gasteiger partial charge in [-0.25, -0.2) is 9.59 Å². The van der Waals surface area contributed by atoms with E-state index in [0.29, 0.717) is 22.3 Å². The lowest BCUT2D eigenvalue weighted by atomic mass is 9.88. The Morgan fingerprint density at radius 1 is 0.607 bits per heavy atom. The van der Waals surface area contributed by atoms with Crippen molar-refractivity contribution in [3.05, 3.63) is 119 Å². The van der Waals surface area contributed by atoms with Gasteiger partial charge < -0.3 is 10.2 Å². The van der Waals surface area contributed by atoms with E-state index in [1.54, 1.807) is 72.8 Å². The summed E-state index contributed by atoms with van der Waals surface area (Å²) in [6.45, 7) is 0. The van der Waals surface area contributed by atoms with Crippen molar-refractivity contribution in [1.29, 1.82) is 0 Å². The Kier molecular flexibility index (Phi) is 5.82. The van der Waals surface area contributed by atoms with Crippen LogP contribution in [0.25, 0.3) is 11.6 Å². The summed E-state index contributed by atoms with van der Waals surface area (Å²) < 4.78 is 0. The van der Waals surface area contributed by atoms with Crippen LogP contribution in [0.15, 0.2) is 102 Å². The molecule has 4 nitrogen and oxygen atoms in total. The maximum atomic E-state index is 12.3. The minimum Gasteiger partial charge on any atom is -0.478 e. The van der Waals surface area contributed by atoms with Crippen LogP contribution < -0.4 is 0 Å². The lowest BCUT2D eigenvalue weighted by Gasteiger charge is -2.14. The molecule has 3 aromatic rings. The molecule has 2 N–H and O–H groups in total. The van der Waals surface area contributed by atoms with Crippen LogP contribution in [0.5, 0.6) is 0 Å². The van der Waals surface area contributed by atoms with Gasteiger partial charge in [-0.05, 0) is 22.8 Å². The van der Waals surface area contributed by atoms with Crippen molar-refractivity contribution in [2.45, 2.75) is 0 Å². The Hall–Kier alpha value is -3.92. The highest BCUT2D eigenvalue weighted by atomic mass is 16.4. The monoisotopic (exact) mass is 370 g/mol.